The molecule has 0 radical (unpaired) electrons. The molecule has 0 fully saturated rings. The fourth-order valence-electron chi connectivity index (χ4n) is 4.21. The van der Waals surface area contributed by atoms with Gasteiger partial charge in [-0.3, -0.25) is 0 Å². The zero-order valence-electron chi connectivity index (χ0n) is 16.7. The Morgan fingerprint density at radius 1 is 0.933 bits per heavy atom. The van der Waals surface area contributed by atoms with Crippen molar-refractivity contribution in [2.24, 2.45) is 5.92 Å². The molecule has 0 spiro atoms. The van der Waals surface area contributed by atoms with Crippen molar-refractivity contribution in [1.29, 1.82) is 0 Å². The lowest BCUT2D eigenvalue weighted by Crippen LogP contribution is -2.38. The molecular formula is C25H24N2O2S. The van der Waals surface area contributed by atoms with Gasteiger partial charge in [0, 0.05) is 18.8 Å². The van der Waals surface area contributed by atoms with Crippen molar-refractivity contribution in [1.82, 2.24) is 0 Å². The number of hydrogen-bond donors (Lipinski definition) is 0. The summed E-state index contributed by atoms with van der Waals surface area (Å²) in [4.78, 5) is 5.81. The fourth-order valence-corrected chi connectivity index (χ4v) is 5.97. The molecule has 0 aromatic heterocycles. The molecule has 1 aliphatic heterocycles. The van der Waals surface area contributed by atoms with Crippen LogP contribution in [0.1, 0.15) is 16.7 Å². The fraction of sp³-hybridized carbons (Fsp3) is 0.240. The Morgan fingerprint density at radius 2 is 1.60 bits per heavy atom. The van der Waals surface area contributed by atoms with Gasteiger partial charge in [-0.05, 0) is 35.1 Å². The van der Waals surface area contributed by atoms with Gasteiger partial charge in [-0.25, -0.2) is 13.3 Å². The van der Waals surface area contributed by atoms with E-state index in [1.165, 1.54) is 5.56 Å². The summed E-state index contributed by atoms with van der Waals surface area (Å²) < 4.78 is 25.8. The van der Waals surface area contributed by atoms with Crippen molar-refractivity contribution in [2.75, 3.05) is 17.2 Å². The van der Waals surface area contributed by atoms with E-state index in [1.807, 2.05) is 66.7 Å². The minimum Gasteiger partial charge on any atom is -0.367 e. The predicted octanol–water partition coefficient (Wildman–Crippen LogP) is 5.03. The maximum absolute atomic E-state index is 12.9. The van der Waals surface area contributed by atoms with Crippen LogP contribution in [0.5, 0.6) is 0 Å². The first-order valence-corrected chi connectivity index (χ1v) is 11.9. The molecule has 1 atom stereocenters. The highest BCUT2D eigenvalue weighted by molar-refractivity contribution is 7.90. The maximum Gasteiger partial charge on any atom is 0.187 e. The lowest BCUT2D eigenvalue weighted by atomic mass is 9.93. The monoisotopic (exact) mass is 416 g/mol. The van der Waals surface area contributed by atoms with E-state index in [2.05, 4.69) is 21.9 Å². The average molecular weight is 417 g/mol. The molecule has 1 heterocycles. The van der Waals surface area contributed by atoms with Gasteiger partial charge in [0.05, 0.1) is 18.1 Å². The number of fused-ring (bicyclic) bond motifs is 1. The molecule has 0 amide bonds. The highest BCUT2D eigenvalue weighted by atomic mass is 32.2. The Morgan fingerprint density at radius 3 is 2.27 bits per heavy atom. The Labute approximate surface area is 178 Å². The first kappa shape index (κ1) is 20.2. The highest BCUT2D eigenvalue weighted by Gasteiger charge is 2.28. The third-order valence-electron chi connectivity index (χ3n) is 5.46. The van der Waals surface area contributed by atoms with E-state index in [0.717, 1.165) is 23.4 Å². The molecule has 0 saturated carbocycles. The number of benzene rings is 3. The largest absolute Gasteiger partial charge is 0.367 e. The van der Waals surface area contributed by atoms with E-state index in [-0.39, 0.29) is 17.4 Å². The normalized spacial score (nSPS) is 16.0. The van der Waals surface area contributed by atoms with Crippen LogP contribution in [-0.2, 0) is 28.6 Å². The molecule has 0 N–H and O–H groups in total. The van der Waals surface area contributed by atoms with E-state index in [1.54, 1.807) is 0 Å². The predicted molar refractivity (Wildman–Crippen MR) is 121 cm³/mol. The minimum absolute atomic E-state index is 0.00379. The standard InChI is InChI=1S/C25H24N2O2S/c1-26-24-12-13-25-23(15-24)14-22(17-27(25)16-20-8-4-2-5-9-20)19-30(28,29)18-21-10-6-3-7-11-21/h2-13,15,22H,14,16-19H2. The lowest BCUT2D eigenvalue weighted by molar-refractivity contribution is 0.515. The van der Waals surface area contributed by atoms with Crippen LogP contribution >= 0.6 is 0 Å². The Hall–Kier alpha value is -3.10. The summed E-state index contributed by atoms with van der Waals surface area (Å²) in [7, 11) is -3.24. The third kappa shape index (κ3) is 4.90. The van der Waals surface area contributed by atoms with Gasteiger partial charge in [-0.1, -0.05) is 72.8 Å². The quantitative estimate of drug-likeness (QED) is 0.529. The second-order valence-electron chi connectivity index (χ2n) is 7.90. The number of sulfone groups is 1. The molecule has 1 aliphatic rings. The molecule has 0 aliphatic carbocycles. The summed E-state index contributed by atoms with van der Waals surface area (Å²) >= 11 is 0. The molecule has 1 unspecified atom stereocenters. The molecular weight excluding hydrogens is 392 g/mol. The second kappa shape index (κ2) is 8.73. The molecule has 3 aromatic carbocycles. The molecule has 5 heteroatoms. The summed E-state index contributed by atoms with van der Waals surface area (Å²) in [5, 5.41) is 0. The summed E-state index contributed by atoms with van der Waals surface area (Å²) in [6, 6.07) is 25.3. The summed E-state index contributed by atoms with van der Waals surface area (Å²) in [5.74, 6) is 0.211. The molecule has 4 nitrogen and oxygen atoms in total. The van der Waals surface area contributed by atoms with Gasteiger partial charge >= 0.3 is 0 Å². The molecule has 4 rings (SSSR count). The van der Waals surface area contributed by atoms with Gasteiger partial charge in [0.2, 0.25) is 0 Å². The minimum atomic E-state index is -3.24. The van der Waals surface area contributed by atoms with Crippen LogP contribution in [0, 0.1) is 12.5 Å². The molecule has 30 heavy (non-hydrogen) atoms. The van der Waals surface area contributed by atoms with E-state index in [4.69, 9.17) is 6.57 Å². The maximum atomic E-state index is 12.9. The zero-order valence-corrected chi connectivity index (χ0v) is 17.6. The van der Waals surface area contributed by atoms with Crippen molar-refractivity contribution in [2.45, 2.75) is 18.7 Å². The number of nitrogens with zero attached hydrogens (tertiary/aromatic N) is 2. The van der Waals surface area contributed by atoms with Crippen LogP contribution in [0.4, 0.5) is 11.4 Å². The number of anilines is 1. The van der Waals surface area contributed by atoms with Gasteiger partial charge in [-0.2, -0.15) is 0 Å². The van der Waals surface area contributed by atoms with Gasteiger partial charge in [0.15, 0.2) is 15.5 Å². The molecule has 0 bridgehead atoms. The van der Waals surface area contributed by atoms with Crippen LogP contribution in [0.2, 0.25) is 0 Å². The van der Waals surface area contributed by atoms with Crippen molar-refractivity contribution in [3.05, 3.63) is 107 Å². The Bertz CT molecular complexity index is 1150. The van der Waals surface area contributed by atoms with E-state index in [9.17, 15) is 8.42 Å². The van der Waals surface area contributed by atoms with E-state index < -0.39 is 9.84 Å². The summed E-state index contributed by atoms with van der Waals surface area (Å²) in [5.41, 5.74) is 4.77. The third-order valence-corrected chi connectivity index (χ3v) is 7.21. The van der Waals surface area contributed by atoms with Crippen LogP contribution < -0.4 is 4.90 Å². The SMILES string of the molecule is [C-]#[N+]c1ccc2c(c1)CC(CS(=O)(=O)Cc1ccccc1)CN2Cc1ccccc1. The smallest absolute Gasteiger partial charge is 0.187 e. The first-order chi connectivity index (χ1) is 14.5. The number of hydrogen-bond acceptors (Lipinski definition) is 3. The van der Waals surface area contributed by atoms with Crippen LogP contribution in [0.15, 0.2) is 78.9 Å². The summed E-state index contributed by atoms with van der Waals surface area (Å²) in [6.45, 7) is 8.74. The van der Waals surface area contributed by atoms with Crippen LogP contribution in [-0.4, -0.2) is 20.7 Å². The Balaban J connectivity index is 1.58. The van der Waals surface area contributed by atoms with Crippen molar-refractivity contribution < 1.29 is 8.42 Å². The van der Waals surface area contributed by atoms with Gasteiger partial charge in [-0.15, -0.1) is 0 Å². The van der Waals surface area contributed by atoms with Crippen LogP contribution in [0.25, 0.3) is 4.85 Å². The molecule has 3 aromatic rings. The van der Waals surface area contributed by atoms with E-state index >= 15 is 0 Å². The van der Waals surface area contributed by atoms with Crippen molar-refractivity contribution >= 4 is 21.2 Å². The van der Waals surface area contributed by atoms with E-state index in [0.29, 0.717) is 18.7 Å². The van der Waals surface area contributed by atoms with Crippen LogP contribution in [0.3, 0.4) is 0 Å². The van der Waals surface area contributed by atoms with Gasteiger partial charge < -0.3 is 4.90 Å². The second-order valence-corrected chi connectivity index (χ2v) is 10.0. The van der Waals surface area contributed by atoms with Crippen molar-refractivity contribution in [3.8, 4) is 0 Å². The topological polar surface area (TPSA) is 41.7 Å². The average Bonchev–Trinajstić information content (AvgIpc) is 2.74. The lowest BCUT2D eigenvalue weighted by Gasteiger charge is -2.36. The molecule has 0 saturated heterocycles. The zero-order chi connectivity index (χ0) is 21.0. The number of rotatable bonds is 6. The van der Waals surface area contributed by atoms with Crippen molar-refractivity contribution in [3.63, 3.8) is 0 Å². The first-order valence-electron chi connectivity index (χ1n) is 10.1. The molecule has 152 valence electrons. The van der Waals surface area contributed by atoms with Gasteiger partial charge in [0.25, 0.3) is 0 Å². The highest BCUT2D eigenvalue weighted by Crippen LogP contribution is 2.34. The Kier molecular flexibility index (Phi) is 5.87. The van der Waals surface area contributed by atoms with Gasteiger partial charge in [0.1, 0.15) is 0 Å². The summed E-state index contributed by atoms with van der Waals surface area (Å²) in [6.07, 6.45) is 0.679.